The number of halogens is 2. The second-order valence-corrected chi connectivity index (χ2v) is 8.49. The number of nitrogens with zero attached hydrogens (tertiary/aromatic N) is 2. The van der Waals surface area contributed by atoms with Gasteiger partial charge in [0.1, 0.15) is 15.7 Å². The van der Waals surface area contributed by atoms with E-state index in [-0.39, 0.29) is 15.7 Å². The lowest BCUT2D eigenvalue weighted by atomic mass is 10.1. The summed E-state index contributed by atoms with van der Waals surface area (Å²) in [6, 6.07) is 7.38. The molecule has 27 heavy (non-hydrogen) atoms. The monoisotopic (exact) mass is 421 g/mol. The summed E-state index contributed by atoms with van der Waals surface area (Å²) in [7, 11) is 2.11. The van der Waals surface area contributed by atoms with Gasteiger partial charge in [0, 0.05) is 17.3 Å². The molecule has 140 valence electrons. The van der Waals surface area contributed by atoms with Crippen LogP contribution in [-0.4, -0.2) is 33.6 Å². The highest BCUT2D eigenvalue weighted by Crippen LogP contribution is 2.39. The molecule has 1 aromatic carbocycles. The Morgan fingerprint density at radius 3 is 2.81 bits per heavy atom. The van der Waals surface area contributed by atoms with Crippen molar-refractivity contribution in [3.63, 3.8) is 0 Å². The summed E-state index contributed by atoms with van der Waals surface area (Å²) in [6.45, 7) is 1.09. The Balaban J connectivity index is 1.68. The molecule has 0 spiro atoms. The molecule has 3 heterocycles. The van der Waals surface area contributed by atoms with Crippen LogP contribution in [0.4, 0.5) is 0 Å². The molecule has 2 N–H and O–H groups in total. The van der Waals surface area contributed by atoms with Gasteiger partial charge in [0.15, 0.2) is 0 Å². The molecule has 0 aliphatic carbocycles. The highest BCUT2D eigenvalue weighted by atomic mass is 35.5. The van der Waals surface area contributed by atoms with Crippen LogP contribution in [-0.2, 0) is 0 Å². The summed E-state index contributed by atoms with van der Waals surface area (Å²) in [5, 5.41) is 12.3. The van der Waals surface area contributed by atoms with Crippen LogP contribution in [0.15, 0.2) is 45.2 Å². The minimum Gasteiger partial charge on any atom is -0.506 e. The Kier molecular flexibility index (Phi) is 5.07. The number of aromatic nitrogens is 2. The summed E-state index contributed by atoms with van der Waals surface area (Å²) >= 11 is 13.3. The molecule has 0 saturated carbocycles. The van der Waals surface area contributed by atoms with Crippen LogP contribution in [0.1, 0.15) is 24.4 Å². The molecule has 5 nitrogen and oxygen atoms in total. The first-order chi connectivity index (χ1) is 12.9. The molecule has 1 aliphatic heterocycles. The molecule has 1 saturated heterocycles. The number of nitrogens with one attached hydrogen (secondary N) is 1. The lowest BCUT2D eigenvalue weighted by Crippen LogP contribution is -2.17. The van der Waals surface area contributed by atoms with Crippen molar-refractivity contribution >= 4 is 45.9 Å². The van der Waals surface area contributed by atoms with Crippen LogP contribution < -0.4 is 5.56 Å². The Hall–Kier alpha value is -1.73. The first-order valence-electron chi connectivity index (χ1n) is 8.52. The summed E-state index contributed by atoms with van der Waals surface area (Å²) < 4.78 is 0. The van der Waals surface area contributed by atoms with E-state index in [0.717, 1.165) is 30.3 Å². The van der Waals surface area contributed by atoms with E-state index in [1.54, 1.807) is 6.07 Å². The van der Waals surface area contributed by atoms with Gasteiger partial charge in [-0.3, -0.25) is 9.69 Å². The lowest BCUT2D eigenvalue weighted by Gasteiger charge is -2.19. The van der Waals surface area contributed by atoms with E-state index in [9.17, 15) is 9.90 Å². The largest absolute Gasteiger partial charge is 0.506 e. The maximum atomic E-state index is 12.4. The number of benzene rings is 1. The van der Waals surface area contributed by atoms with Gasteiger partial charge in [0.25, 0.3) is 5.56 Å². The fraction of sp³-hybridized carbons (Fsp3) is 0.263. The van der Waals surface area contributed by atoms with Crippen LogP contribution in [0.3, 0.4) is 0 Å². The van der Waals surface area contributed by atoms with Gasteiger partial charge in [-0.25, -0.2) is 4.98 Å². The molecule has 1 unspecified atom stereocenters. The first kappa shape index (κ1) is 18.6. The summed E-state index contributed by atoms with van der Waals surface area (Å²) in [4.78, 5) is 22.1. The summed E-state index contributed by atoms with van der Waals surface area (Å²) in [5.74, 6) is -0.165. The van der Waals surface area contributed by atoms with Gasteiger partial charge in [-0.2, -0.15) is 0 Å². The molecule has 0 bridgehead atoms. The van der Waals surface area contributed by atoms with Crippen molar-refractivity contribution in [2.75, 3.05) is 13.6 Å². The molecule has 0 amide bonds. The second kappa shape index (κ2) is 7.36. The average molecular weight is 422 g/mol. The highest BCUT2D eigenvalue weighted by Gasteiger charge is 2.23. The third-order valence-electron chi connectivity index (χ3n) is 4.83. The number of hydrogen-bond acceptors (Lipinski definition) is 5. The zero-order valence-electron chi connectivity index (χ0n) is 14.5. The maximum Gasteiger partial charge on any atom is 0.266 e. The van der Waals surface area contributed by atoms with Crippen molar-refractivity contribution < 1.29 is 5.11 Å². The van der Waals surface area contributed by atoms with E-state index in [0.29, 0.717) is 27.0 Å². The van der Waals surface area contributed by atoms with Gasteiger partial charge in [-0.05, 0) is 50.2 Å². The standard InChI is InChI=1S/C19H17Cl2N3O2S/c1-24-6-2-3-14(24)10-4-5-15(22-9-10)27-18-17(25)16-12(21)7-11(20)8-13(16)23-19(18)26/h4-5,7-9,14H,2-3,6H2,1H3,(H2,23,25,26). The van der Waals surface area contributed by atoms with Gasteiger partial charge in [0.2, 0.25) is 0 Å². The van der Waals surface area contributed by atoms with Crippen LogP contribution in [0.5, 0.6) is 5.75 Å². The maximum absolute atomic E-state index is 12.4. The Morgan fingerprint density at radius 2 is 2.15 bits per heavy atom. The quantitative estimate of drug-likeness (QED) is 0.632. The topological polar surface area (TPSA) is 69.2 Å². The molecule has 1 atom stereocenters. The van der Waals surface area contributed by atoms with Crippen LogP contribution in [0.2, 0.25) is 10.0 Å². The molecule has 1 aliphatic rings. The van der Waals surface area contributed by atoms with Crippen molar-refractivity contribution in [3.8, 4) is 5.75 Å². The number of aromatic amines is 1. The van der Waals surface area contributed by atoms with Crippen LogP contribution >= 0.6 is 35.0 Å². The van der Waals surface area contributed by atoms with E-state index < -0.39 is 5.56 Å². The van der Waals surface area contributed by atoms with Crippen LogP contribution in [0, 0.1) is 0 Å². The lowest BCUT2D eigenvalue weighted by molar-refractivity contribution is 0.317. The van der Waals surface area contributed by atoms with E-state index in [2.05, 4.69) is 21.9 Å². The van der Waals surface area contributed by atoms with Crippen molar-refractivity contribution in [3.05, 3.63) is 56.4 Å². The SMILES string of the molecule is CN1CCCC1c1ccc(Sc2c(O)c3c(Cl)cc(Cl)cc3[nH]c2=O)nc1. The van der Waals surface area contributed by atoms with Gasteiger partial charge in [-0.15, -0.1) is 0 Å². The Morgan fingerprint density at radius 1 is 1.33 bits per heavy atom. The predicted molar refractivity (Wildman–Crippen MR) is 109 cm³/mol. The van der Waals surface area contributed by atoms with E-state index in [1.165, 1.54) is 12.5 Å². The first-order valence-corrected chi connectivity index (χ1v) is 10.1. The number of fused-ring (bicyclic) bond motifs is 1. The smallest absolute Gasteiger partial charge is 0.266 e. The molecule has 0 radical (unpaired) electrons. The third kappa shape index (κ3) is 3.55. The number of rotatable bonds is 3. The van der Waals surface area contributed by atoms with Crippen LogP contribution in [0.25, 0.3) is 10.9 Å². The molecular formula is C19H17Cl2N3O2S. The van der Waals surface area contributed by atoms with Gasteiger partial charge < -0.3 is 10.1 Å². The zero-order chi connectivity index (χ0) is 19.1. The van der Waals surface area contributed by atoms with Crippen molar-refractivity contribution in [1.29, 1.82) is 0 Å². The molecule has 1 fully saturated rings. The number of aromatic hydroxyl groups is 1. The summed E-state index contributed by atoms with van der Waals surface area (Å²) in [5.41, 5.74) is 1.14. The molecule has 4 rings (SSSR count). The number of pyridine rings is 2. The fourth-order valence-corrected chi connectivity index (χ4v) is 4.87. The minimum atomic E-state index is -0.412. The Bertz CT molecular complexity index is 1070. The summed E-state index contributed by atoms with van der Waals surface area (Å²) in [6.07, 6.45) is 4.15. The minimum absolute atomic E-state index is 0.157. The fourth-order valence-electron chi connectivity index (χ4n) is 3.49. The number of likely N-dealkylation sites (tertiary alicyclic amines) is 1. The molecule has 8 heteroatoms. The van der Waals surface area contributed by atoms with Gasteiger partial charge in [0.05, 0.1) is 15.9 Å². The number of hydrogen-bond donors (Lipinski definition) is 2. The highest BCUT2D eigenvalue weighted by molar-refractivity contribution is 7.99. The normalized spacial score (nSPS) is 17.7. The van der Waals surface area contributed by atoms with E-state index >= 15 is 0 Å². The van der Waals surface area contributed by atoms with E-state index in [1.807, 2.05) is 18.3 Å². The van der Waals surface area contributed by atoms with Crippen molar-refractivity contribution in [2.45, 2.75) is 28.8 Å². The van der Waals surface area contributed by atoms with Gasteiger partial charge in [-0.1, -0.05) is 41.0 Å². The Labute approximate surface area is 170 Å². The average Bonchev–Trinajstić information content (AvgIpc) is 3.04. The van der Waals surface area contributed by atoms with Crippen molar-refractivity contribution in [2.24, 2.45) is 0 Å². The predicted octanol–water partition coefficient (Wildman–Crippen LogP) is 4.85. The molecular weight excluding hydrogens is 405 g/mol. The van der Waals surface area contributed by atoms with E-state index in [4.69, 9.17) is 23.2 Å². The van der Waals surface area contributed by atoms with Crippen molar-refractivity contribution in [1.82, 2.24) is 14.9 Å². The second-order valence-electron chi connectivity index (χ2n) is 6.61. The zero-order valence-corrected chi connectivity index (χ0v) is 16.8. The number of H-pyrrole nitrogens is 1. The third-order valence-corrected chi connectivity index (χ3v) is 6.38. The van der Waals surface area contributed by atoms with Gasteiger partial charge >= 0.3 is 0 Å². The molecule has 3 aromatic rings. The molecule has 2 aromatic heterocycles.